The molecule has 0 N–H and O–H groups in total. The van der Waals surface area contributed by atoms with E-state index in [-0.39, 0.29) is 0 Å². The number of hydrogen-bond acceptors (Lipinski definition) is 1. The third kappa shape index (κ3) is 4.90. The van der Waals surface area contributed by atoms with Gasteiger partial charge in [0.1, 0.15) is 0 Å². The second-order valence-corrected chi connectivity index (χ2v) is 3.16. The van der Waals surface area contributed by atoms with E-state index in [9.17, 15) is 0 Å². The van der Waals surface area contributed by atoms with E-state index in [1.807, 2.05) is 33.8 Å². The Bertz CT molecular complexity index is 336. The zero-order chi connectivity index (χ0) is 13.1. The van der Waals surface area contributed by atoms with Gasteiger partial charge in [0, 0.05) is 18.4 Å². The van der Waals surface area contributed by atoms with Crippen LogP contribution in [0.25, 0.3) is 0 Å². The van der Waals surface area contributed by atoms with Crippen molar-refractivity contribution in [3.8, 4) is 0 Å². The molecule has 1 nitrogen and oxygen atoms in total. The molecule has 17 heavy (non-hydrogen) atoms. The molecule has 0 aromatic heterocycles. The van der Waals surface area contributed by atoms with Crippen LogP contribution in [0, 0.1) is 0 Å². The van der Waals surface area contributed by atoms with Crippen LogP contribution >= 0.6 is 0 Å². The number of likely N-dealkylation sites (N-methyl/N-ethyl adjacent to an activating group) is 1. The van der Waals surface area contributed by atoms with Crippen LogP contribution in [-0.2, 0) is 0 Å². The van der Waals surface area contributed by atoms with Gasteiger partial charge in [-0.2, -0.15) is 0 Å². The molecule has 0 bridgehead atoms. The predicted octanol–water partition coefficient (Wildman–Crippen LogP) is 5.02. The van der Waals surface area contributed by atoms with Gasteiger partial charge in [0.05, 0.1) is 0 Å². The molecular formula is C16H25N. The van der Waals surface area contributed by atoms with E-state index in [0.717, 1.165) is 6.42 Å². The molecule has 0 saturated heterocycles. The Hall–Kier alpha value is -1.50. The molecular weight excluding hydrogens is 206 g/mol. The number of hydrogen-bond donors (Lipinski definition) is 0. The maximum atomic E-state index is 2.23. The summed E-state index contributed by atoms with van der Waals surface area (Å²) in [5, 5.41) is 0. The monoisotopic (exact) mass is 231 g/mol. The van der Waals surface area contributed by atoms with Gasteiger partial charge >= 0.3 is 0 Å². The zero-order valence-corrected chi connectivity index (χ0v) is 11.8. The Morgan fingerprint density at radius 3 is 2.00 bits per heavy atom. The number of nitrogens with zero attached hydrogens (tertiary/aromatic N) is 1. The van der Waals surface area contributed by atoms with E-state index < -0.39 is 0 Å². The number of benzene rings is 1. The van der Waals surface area contributed by atoms with Gasteiger partial charge in [-0.1, -0.05) is 58.0 Å². The number of rotatable bonds is 2. The van der Waals surface area contributed by atoms with Crippen LogP contribution in [-0.4, -0.2) is 7.05 Å². The maximum Gasteiger partial charge on any atom is 0.0407 e. The van der Waals surface area contributed by atoms with Crippen LogP contribution in [0.5, 0.6) is 0 Å². The summed E-state index contributed by atoms with van der Waals surface area (Å²) in [6.45, 7) is 8.00. The second kappa shape index (κ2) is 9.71. The van der Waals surface area contributed by atoms with Gasteiger partial charge in [0.15, 0.2) is 0 Å². The summed E-state index contributed by atoms with van der Waals surface area (Å²) in [5.74, 6) is 0. The predicted molar refractivity (Wildman–Crippen MR) is 79.4 cm³/mol. The Morgan fingerprint density at radius 2 is 1.53 bits per heavy atom. The molecule has 1 aromatic rings. The van der Waals surface area contributed by atoms with Crippen LogP contribution in [0.4, 0.5) is 5.69 Å². The molecule has 0 heterocycles. The van der Waals surface area contributed by atoms with E-state index in [2.05, 4.69) is 54.4 Å². The Balaban J connectivity index is 0.000000581. The molecule has 94 valence electrons. The molecule has 1 aliphatic rings. The van der Waals surface area contributed by atoms with Gasteiger partial charge in [0.25, 0.3) is 0 Å². The number of anilines is 1. The highest BCUT2D eigenvalue weighted by Crippen LogP contribution is 2.20. The molecule has 0 saturated carbocycles. The summed E-state index contributed by atoms with van der Waals surface area (Å²) in [6, 6.07) is 10.4. The van der Waals surface area contributed by atoms with Crippen molar-refractivity contribution >= 4 is 5.69 Å². The maximum absolute atomic E-state index is 2.23. The van der Waals surface area contributed by atoms with Crippen molar-refractivity contribution < 1.29 is 0 Å². The van der Waals surface area contributed by atoms with Gasteiger partial charge in [-0.15, -0.1) is 0 Å². The van der Waals surface area contributed by atoms with Crippen molar-refractivity contribution in [2.24, 2.45) is 0 Å². The lowest BCUT2D eigenvalue weighted by Gasteiger charge is -2.18. The molecule has 2 rings (SSSR count). The van der Waals surface area contributed by atoms with Crippen molar-refractivity contribution in [2.75, 3.05) is 11.9 Å². The largest absolute Gasteiger partial charge is 0.345 e. The van der Waals surface area contributed by atoms with Crippen molar-refractivity contribution in [1.29, 1.82) is 0 Å². The fraction of sp³-hybridized carbons (Fsp3) is 0.375. The summed E-state index contributed by atoms with van der Waals surface area (Å²) >= 11 is 0. The Labute approximate surface area is 106 Å². The molecule has 0 aliphatic heterocycles. The first kappa shape index (κ1) is 15.5. The van der Waals surface area contributed by atoms with Gasteiger partial charge in [-0.3, -0.25) is 0 Å². The standard InChI is InChI=1S/C12H13N.2C2H6/c1-13(12-9-5-6-10-12)11-7-3-2-4-8-11;2*1-2/h2-5,7-10H,6H2,1H3;2*1-2H3. The first-order valence-electron chi connectivity index (χ1n) is 6.53. The normalized spacial score (nSPS) is 11.7. The third-order valence-corrected chi connectivity index (χ3v) is 2.28. The van der Waals surface area contributed by atoms with Crippen molar-refractivity contribution in [3.63, 3.8) is 0 Å². The van der Waals surface area contributed by atoms with Crippen LogP contribution in [0.15, 0.2) is 54.3 Å². The Morgan fingerprint density at radius 1 is 0.941 bits per heavy atom. The lowest BCUT2D eigenvalue weighted by atomic mass is 10.3. The first-order valence-corrected chi connectivity index (χ1v) is 6.53. The molecule has 1 heteroatoms. The highest BCUT2D eigenvalue weighted by molar-refractivity contribution is 5.54. The minimum absolute atomic E-state index is 1.06. The van der Waals surface area contributed by atoms with Crippen molar-refractivity contribution in [1.82, 2.24) is 0 Å². The zero-order valence-electron chi connectivity index (χ0n) is 11.8. The van der Waals surface area contributed by atoms with Gasteiger partial charge in [-0.25, -0.2) is 0 Å². The van der Waals surface area contributed by atoms with Crippen molar-refractivity contribution in [3.05, 3.63) is 54.3 Å². The molecule has 1 aliphatic carbocycles. The van der Waals surface area contributed by atoms with E-state index in [1.165, 1.54) is 11.4 Å². The summed E-state index contributed by atoms with van der Waals surface area (Å²) < 4.78 is 0. The molecule has 0 unspecified atom stereocenters. The van der Waals surface area contributed by atoms with E-state index >= 15 is 0 Å². The first-order chi connectivity index (χ1) is 8.38. The molecule has 0 fully saturated rings. The summed E-state index contributed by atoms with van der Waals surface area (Å²) in [4.78, 5) is 2.20. The third-order valence-electron chi connectivity index (χ3n) is 2.28. The van der Waals surface area contributed by atoms with Crippen molar-refractivity contribution in [2.45, 2.75) is 34.1 Å². The van der Waals surface area contributed by atoms with Gasteiger partial charge in [0.2, 0.25) is 0 Å². The fourth-order valence-electron chi connectivity index (χ4n) is 1.50. The average molecular weight is 231 g/mol. The topological polar surface area (TPSA) is 3.24 Å². The van der Waals surface area contributed by atoms with Crippen LogP contribution < -0.4 is 4.90 Å². The van der Waals surface area contributed by atoms with E-state index in [0.29, 0.717) is 0 Å². The fourth-order valence-corrected chi connectivity index (χ4v) is 1.50. The molecule has 1 aromatic carbocycles. The number of para-hydroxylation sites is 1. The van der Waals surface area contributed by atoms with Crippen LogP contribution in [0.3, 0.4) is 0 Å². The lowest BCUT2D eigenvalue weighted by molar-refractivity contribution is 1.14. The highest BCUT2D eigenvalue weighted by Gasteiger charge is 2.05. The van der Waals surface area contributed by atoms with Gasteiger partial charge < -0.3 is 4.90 Å². The van der Waals surface area contributed by atoms with Gasteiger partial charge in [-0.05, 0) is 24.6 Å². The minimum Gasteiger partial charge on any atom is -0.345 e. The number of allylic oxidation sites excluding steroid dienone is 3. The summed E-state index contributed by atoms with van der Waals surface area (Å²) in [6.07, 6.45) is 7.63. The van der Waals surface area contributed by atoms with E-state index in [4.69, 9.17) is 0 Å². The minimum atomic E-state index is 1.06. The van der Waals surface area contributed by atoms with E-state index in [1.54, 1.807) is 0 Å². The summed E-state index contributed by atoms with van der Waals surface area (Å²) in [7, 11) is 2.09. The lowest BCUT2D eigenvalue weighted by Crippen LogP contribution is -2.13. The molecule has 0 atom stereocenters. The molecule has 0 amide bonds. The highest BCUT2D eigenvalue weighted by atomic mass is 15.1. The van der Waals surface area contributed by atoms with Crippen LogP contribution in [0.2, 0.25) is 0 Å². The van der Waals surface area contributed by atoms with Crippen LogP contribution in [0.1, 0.15) is 34.1 Å². The quantitative estimate of drug-likeness (QED) is 0.691. The average Bonchev–Trinajstić information content (AvgIpc) is 2.97. The smallest absolute Gasteiger partial charge is 0.0407 e. The Kier molecular flexibility index (Phi) is 8.85. The second-order valence-electron chi connectivity index (χ2n) is 3.16. The molecule has 0 spiro atoms. The molecule has 0 radical (unpaired) electrons. The SMILES string of the molecule is CC.CC.CN(C1=CCC=C1)c1ccccc1. The summed E-state index contributed by atoms with van der Waals surface area (Å²) in [5.41, 5.74) is 2.52.